The van der Waals surface area contributed by atoms with E-state index in [0.717, 1.165) is 9.13 Å². The van der Waals surface area contributed by atoms with Crippen LogP contribution < -0.4 is 5.43 Å². The average molecular weight is 372 g/mol. The van der Waals surface area contributed by atoms with Gasteiger partial charge in [0.15, 0.2) is 0 Å². The lowest BCUT2D eigenvalue weighted by Crippen LogP contribution is -2.16. The Morgan fingerprint density at radius 3 is 2.94 bits per heavy atom. The van der Waals surface area contributed by atoms with Crippen LogP contribution in [0.3, 0.4) is 0 Å². The number of hydrogen-bond donors (Lipinski definition) is 2. The van der Waals surface area contributed by atoms with Crippen molar-refractivity contribution in [3.63, 3.8) is 0 Å². The van der Waals surface area contributed by atoms with Gasteiger partial charge in [-0.3, -0.25) is 4.79 Å². The van der Waals surface area contributed by atoms with Gasteiger partial charge in [0.05, 0.1) is 14.7 Å². The van der Waals surface area contributed by atoms with Gasteiger partial charge in [-0.15, -0.1) is 11.3 Å². The lowest BCUT2D eigenvalue weighted by molar-refractivity contribution is 0.0959. The molecule has 2 rings (SSSR count). The van der Waals surface area contributed by atoms with E-state index < -0.39 is 0 Å². The van der Waals surface area contributed by atoms with Crippen molar-refractivity contribution in [1.29, 1.82) is 0 Å². The smallest absolute Gasteiger partial charge is 0.281 e. The molecule has 0 bridgehead atoms. The molecule has 0 saturated carbocycles. The van der Waals surface area contributed by atoms with Gasteiger partial charge in [-0.2, -0.15) is 5.10 Å². The van der Waals surface area contributed by atoms with Crippen molar-refractivity contribution in [1.82, 2.24) is 5.43 Å². The maximum atomic E-state index is 11.6. The Balaban J connectivity index is 1.99. The number of hydrogen-bond acceptors (Lipinski definition) is 4. The van der Waals surface area contributed by atoms with Crippen molar-refractivity contribution < 1.29 is 9.90 Å². The third kappa shape index (κ3) is 3.30. The fourth-order valence-corrected chi connectivity index (χ4v) is 2.38. The maximum absolute atomic E-state index is 11.6. The fraction of sp³-hybridized carbons (Fsp3) is 0. The van der Waals surface area contributed by atoms with Crippen LogP contribution in [0.15, 0.2) is 40.8 Å². The van der Waals surface area contributed by atoms with E-state index in [1.807, 2.05) is 34.0 Å². The molecule has 18 heavy (non-hydrogen) atoms. The first-order valence-corrected chi connectivity index (χ1v) is 6.98. The van der Waals surface area contributed by atoms with E-state index in [1.165, 1.54) is 17.6 Å². The number of phenolic OH excluding ortho intramolecular Hbond substituents is 1. The lowest BCUT2D eigenvalue weighted by atomic mass is 10.2. The van der Waals surface area contributed by atoms with Gasteiger partial charge in [0.2, 0.25) is 0 Å². The van der Waals surface area contributed by atoms with Crippen molar-refractivity contribution in [2.45, 2.75) is 0 Å². The highest BCUT2D eigenvalue weighted by molar-refractivity contribution is 14.1. The molecular weight excluding hydrogens is 363 g/mol. The largest absolute Gasteiger partial charge is 0.507 e. The molecule has 0 unspecified atom stereocenters. The SMILES string of the molecule is O=C(N/N=C/c1ccc(O)c(I)c1)c1cccs1. The zero-order valence-electron chi connectivity index (χ0n) is 9.13. The summed E-state index contributed by atoms with van der Waals surface area (Å²) in [7, 11) is 0. The van der Waals surface area contributed by atoms with Crippen LogP contribution >= 0.6 is 33.9 Å². The number of phenols is 1. The summed E-state index contributed by atoms with van der Waals surface area (Å²) in [5, 5.41) is 15.1. The number of halogens is 1. The molecule has 1 aromatic carbocycles. The monoisotopic (exact) mass is 372 g/mol. The van der Waals surface area contributed by atoms with Gasteiger partial charge >= 0.3 is 0 Å². The number of carbonyl (C=O) groups excluding carboxylic acids is 1. The van der Waals surface area contributed by atoms with Gasteiger partial charge in [-0.05, 0) is 57.8 Å². The van der Waals surface area contributed by atoms with Crippen LogP contribution in [0.5, 0.6) is 5.75 Å². The summed E-state index contributed by atoms with van der Waals surface area (Å²) < 4.78 is 0.737. The van der Waals surface area contributed by atoms with E-state index in [1.54, 1.807) is 24.3 Å². The molecule has 0 aliphatic heterocycles. The second-order valence-corrected chi connectivity index (χ2v) is 5.50. The van der Waals surface area contributed by atoms with Crippen molar-refractivity contribution in [2.75, 3.05) is 0 Å². The van der Waals surface area contributed by atoms with Crippen LogP contribution in [-0.2, 0) is 0 Å². The molecule has 2 N–H and O–H groups in total. The predicted molar refractivity (Wildman–Crippen MR) is 80.2 cm³/mol. The predicted octanol–water partition coefficient (Wildman–Crippen LogP) is 2.82. The van der Waals surface area contributed by atoms with Crippen LogP contribution in [0.2, 0.25) is 0 Å². The standard InChI is InChI=1S/C12H9IN2O2S/c13-9-6-8(3-4-10(9)16)7-14-15-12(17)11-2-1-5-18-11/h1-7,16H,(H,15,17)/b14-7+. The highest BCUT2D eigenvalue weighted by Gasteiger charge is 2.03. The Kier molecular flexibility index (Phi) is 4.32. The zero-order valence-corrected chi connectivity index (χ0v) is 12.1. The van der Waals surface area contributed by atoms with Gasteiger partial charge in [-0.1, -0.05) is 6.07 Å². The minimum Gasteiger partial charge on any atom is -0.507 e. The van der Waals surface area contributed by atoms with Gasteiger partial charge in [0.25, 0.3) is 5.91 Å². The molecular formula is C12H9IN2O2S. The summed E-state index contributed by atoms with van der Waals surface area (Å²) >= 11 is 3.39. The van der Waals surface area contributed by atoms with Crippen molar-refractivity contribution in [3.05, 3.63) is 49.7 Å². The van der Waals surface area contributed by atoms with Gasteiger partial charge in [0.1, 0.15) is 5.75 Å². The molecule has 0 atom stereocenters. The fourth-order valence-electron chi connectivity index (χ4n) is 1.23. The van der Waals surface area contributed by atoms with Gasteiger partial charge in [-0.25, -0.2) is 5.43 Å². The third-order valence-corrected chi connectivity index (χ3v) is 3.83. The zero-order chi connectivity index (χ0) is 13.0. The van der Waals surface area contributed by atoms with E-state index in [4.69, 9.17) is 0 Å². The third-order valence-electron chi connectivity index (χ3n) is 2.10. The normalized spacial score (nSPS) is 10.7. The molecule has 1 heterocycles. The summed E-state index contributed by atoms with van der Waals surface area (Å²) in [6.07, 6.45) is 1.53. The van der Waals surface area contributed by atoms with Crippen molar-refractivity contribution in [2.24, 2.45) is 5.10 Å². The van der Waals surface area contributed by atoms with Crippen LogP contribution in [0.1, 0.15) is 15.2 Å². The highest BCUT2D eigenvalue weighted by atomic mass is 127. The Morgan fingerprint density at radius 1 is 1.44 bits per heavy atom. The molecule has 92 valence electrons. The van der Waals surface area contributed by atoms with Gasteiger partial charge in [0, 0.05) is 0 Å². The number of carbonyl (C=O) groups is 1. The topological polar surface area (TPSA) is 61.7 Å². The molecule has 0 aliphatic rings. The number of rotatable bonds is 3. The summed E-state index contributed by atoms with van der Waals surface area (Å²) in [4.78, 5) is 12.2. The average Bonchev–Trinajstić information content (AvgIpc) is 2.87. The minimum atomic E-state index is -0.227. The van der Waals surface area contributed by atoms with E-state index >= 15 is 0 Å². The first-order valence-electron chi connectivity index (χ1n) is 5.02. The van der Waals surface area contributed by atoms with Crippen molar-refractivity contribution >= 4 is 46.0 Å². The number of benzene rings is 1. The van der Waals surface area contributed by atoms with Crippen molar-refractivity contribution in [3.8, 4) is 5.75 Å². The molecule has 0 saturated heterocycles. The Labute approximate surface area is 121 Å². The Hall–Kier alpha value is -1.41. The summed E-state index contributed by atoms with van der Waals surface area (Å²) in [6, 6.07) is 8.63. The van der Waals surface area contributed by atoms with Crippen LogP contribution in [0.25, 0.3) is 0 Å². The first kappa shape index (κ1) is 13.0. The number of hydrazone groups is 1. The van der Waals surface area contributed by atoms with Crippen LogP contribution in [-0.4, -0.2) is 17.2 Å². The Bertz CT molecular complexity index is 582. The van der Waals surface area contributed by atoms with Gasteiger partial charge < -0.3 is 5.11 Å². The second-order valence-electron chi connectivity index (χ2n) is 3.39. The quantitative estimate of drug-likeness (QED) is 0.495. The van der Waals surface area contributed by atoms with E-state index in [2.05, 4.69) is 10.5 Å². The minimum absolute atomic E-state index is 0.227. The summed E-state index contributed by atoms with van der Waals surface area (Å²) in [6.45, 7) is 0. The molecule has 1 amide bonds. The molecule has 0 fully saturated rings. The number of amides is 1. The highest BCUT2D eigenvalue weighted by Crippen LogP contribution is 2.19. The first-order chi connectivity index (χ1) is 8.66. The second kappa shape index (κ2) is 5.96. The van der Waals surface area contributed by atoms with Crippen LogP contribution in [0, 0.1) is 3.57 Å². The Morgan fingerprint density at radius 2 is 2.28 bits per heavy atom. The maximum Gasteiger partial charge on any atom is 0.281 e. The number of thiophene rings is 1. The molecule has 2 aromatic rings. The number of nitrogens with one attached hydrogen (secondary N) is 1. The summed E-state index contributed by atoms with van der Waals surface area (Å²) in [5.74, 6) is 0.00472. The van der Waals surface area contributed by atoms with E-state index in [9.17, 15) is 9.90 Å². The molecule has 0 spiro atoms. The number of nitrogens with zero attached hydrogens (tertiary/aromatic N) is 1. The van der Waals surface area contributed by atoms with E-state index in [0.29, 0.717) is 4.88 Å². The van der Waals surface area contributed by atoms with E-state index in [-0.39, 0.29) is 11.7 Å². The van der Waals surface area contributed by atoms with Crippen LogP contribution in [0.4, 0.5) is 0 Å². The number of aromatic hydroxyl groups is 1. The lowest BCUT2D eigenvalue weighted by Gasteiger charge is -1.98. The summed E-state index contributed by atoms with van der Waals surface area (Å²) in [5.41, 5.74) is 3.25. The molecule has 0 radical (unpaired) electrons. The molecule has 1 aromatic heterocycles. The molecule has 6 heteroatoms. The molecule has 0 aliphatic carbocycles. The molecule has 4 nitrogen and oxygen atoms in total.